The zero-order chi connectivity index (χ0) is 27.3. The fourth-order valence-corrected chi connectivity index (χ4v) is 6.59. The van der Waals surface area contributed by atoms with E-state index in [-0.39, 0.29) is 12.8 Å². The van der Waals surface area contributed by atoms with E-state index in [2.05, 4.69) is 13.8 Å². The highest BCUT2D eigenvalue weighted by atomic mass is 31.2. The summed E-state index contributed by atoms with van der Waals surface area (Å²) in [5.74, 6) is -3.12. The zero-order valence-corrected chi connectivity index (χ0v) is 24.0. The number of aliphatic carboxylic acids is 2. The first-order valence-electron chi connectivity index (χ1n) is 14.6. The topological polar surface area (TPSA) is 132 Å². The Morgan fingerprint density at radius 1 is 0.583 bits per heavy atom. The second-order valence-corrected chi connectivity index (χ2v) is 12.3. The first-order chi connectivity index (χ1) is 17.1. The van der Waals surface area contributed by atoms with Crippen LogP contribution in [-0.4, -0.2) is 37.6 Å². The maximum Gasteiger partial charge on any atom is 0.340 e. The standard InChI is InChI=1S/C28H55O7P/c1-3-5-7-9-11-13-15-17-19-21-23-28(27(31)32,25(26(29)30)36(33,34)35)24-22-20-18-16-14-12-10-8-6-4-2/h25H,3-24H2,1-2H3,(H,29,30)(H,31,32)(H2,33,34,35). The first-order valence-corrected chi connectivity index (χ1v) is 16.3. The monoisotopic (exact) mass is 534 g/mol. The second-order valence-electron chi connectivity index (χ2n) is 10.7. The third kappa shape index (κ3) is 15.4. The van der Waals surface area contributed by atoms with Crippen molar-refractivity contribution in [3.05, 3.63) is 0 Å². The van der Waals surface area contributed by atoms with Gasteiger partial charge in [-0.3, -0.25) is 14.2 Å². The van der Waals surface area contributed by atoms with Crippen molar-refractivity contribution in [2.45, 2.75) is 161 Å². The van der Waals surface area contributed by atoms with Gasteiger partial charge < -0.3 is 20.0 Å². The molecule has 0 heterocycles. The molecule has 1 atom stereocenters. The number of carboxylic acid groups (broad SMARTS) is 2. The summed E-state index contributed by atoms with van der Waals surface area (Å²) in [4.78, 5) is 43.9. The van der Waals surface area contributed by atoms with E-state index in [1.54, 1.807) is 0 Å². The lowest BCUT2D eigenvalue weighted by Crippen LogP contribution is -2.47. The summed E-state index contributed by atoms with van der Waals surface area (Å²) in [5, 5.41) is 19.7. The van der Waals surface area contributed by atoms with Gasteiger partial charge in [-0.05, 0) is 12.8 Å². The van der Waals surface area contributed by atoms with Crippen LogP contribution in [0.15, 0.2) is 0 Å². The highest BCUT2D eigenvalue weighted by Crippen LogP contribution is 2.54. The van der Waals surface area contributed by atoms with Crippen molar-refractivity contribution < 1.29 is 34.2 Å². The molecule has 0 rings (SSSR count). The predicted molar refractivity (Wildman–Crippen MR) is 146 cm³/mol. The molecule has 0 aromatic carbocycles. The Morgan fingerprint density at radius 2 is 0.861 bits per heavy atom. The quantitative estimate of drug-likeness (QED) is 0.0648. The lowest BCUT2D eigenvalue weighted by atomic mass is 9.74. The van der Waals surface area contributed by atoms with Crippen molar-refractivity contribution in [2.75, 3.05) is 0 Å². The van der Waals surface area contributed by atoms with Crippen molar-refractivity contribution >= 4 is 19.5 Å². The summed E-state index contributed by atoms with van der Waals surface area (Å²) in [5.41, 5.74) is -4.15. The molecule has 0 radical (unpaired) electrons. The minimum atomic E-state index is -5.15. The number of carbonyl (C=O) groups is 2. The van der Waals surface area contributed by atoms with Gasteiger partial charge in [0.2, 0.25) is 0 Å². The van der Waals surface area contributed by atoms with Gasteiger partial charge in [-0.2, -0.15) is 0 Å². The molecule has 0 aromatic rings. The van der Waals surface area contributed by atoms with Crippen LogP contribution in [-0.2, 0) is 14.2 Å². The molecule has 0 fully saturated rings. The summed E-state index contributed by atoms with van der Waals surface area (Å²) in [6.07, 6.45) is 20.9. The molecule has 1 unspecified atom stereocenters. The maximum absolute atomic E-state index is 12.4. The highest BCUT2D eigenvalue weighted by molar-refractivity contribution is 7.53. The van der Waals surface area contributed by atoms with E-state index in [1.807, 2.05) is 0 Å². The van der Waals surface area contributed by atoms with Crippen LogP contribution >= 0.6 is 7.60 Å². The van der Waals surface area contributed by atoms with Gasteiger partial charge in [0, 0.05) is 0 Å². The van der Waals surface area contributed by atoms with Crippen LogP contribution in [0.25, 0.3) is 0 Å². The van der Waals surface area contributed by atoms with Crippen molar-refractivity contribution in [1.82, 2.24) is 0 Å². The molecule has 214 valence electrons. The van der Waals surface area contributed by atoms with Gasteiger partial charge in [0.25, 0.3) is 0 Å². The summed E-state index contributed by atoms with van der Waals surface area (Å²) >= 11 is 0. The predicted octanol–water partition coefficient (Wildman–Crippen LogP) is 8.31. The number of carboxylic acids is 2. The van der Waals surface area contributed by atoms with E-state index in [0.29, 0.717) is 12.8 Å². The molecule has 8 heteroatoms. The number of hydrogen-bond donors (Lipinski definition) is 4. The Labute approximate surface area is 220 Å². The Bertz CT molecular complexity index is 593. The van der Waals surface area contributed by atoms with Gasteiger partial charge in [-0.15, -0.1) is 0 Å². The minimum Gasteiger partial charge on any atom is -0.481 e. The molecule has 0 saturated heterocycles. The van der Waals surface area contributed by atoms with Gasteiger partial charge >= 0.3 is 19.5 Å². The zero-order valence-electron chi connectivity index (χ0n) is 23.1. The lowest BCUT2D eigenvalue weighted by molar-refractivity contribution is -0.157. The molecule has 0 aromatic heterocycles. The summed E-state index contributed by atoms with van der Waals surface area (Å²) < 4.78 is 12.1. The molecular formula is C28H55O7P. The second kappa shape index (κ2) is 21.1. The SMILES string of the molecule is CCCCCCCCCCCCC(CCCCCCCCCCCC)(C(=O)O)C(C(=O)O)P(=O)(O)O. The van der Waals surface area contributed by atoms with Crippen molar-refractivity contribution in [3.63, 3.8) is 0 Å². The molecule has 0 aliphatic carbocycles. The van der Waals surface area contributed by atoms with E-state index in [9.17, 15) is 34.2 Å². The van der Waals surface area contributed by atoms with Gasteiger partial charge in [-0.1, -0.05) is 142 Å². The van der Waals surface area contributed by atoms with E-state index in [4.69, 9.17) is 0 Å². The normalized spacial score (nSPS) is 13.1. The third-order valence-electron chi connectivity index (χ3n) is 7.47. The van der Waals surface area contributed by atoms with Crippen molar-refractivity contribution in [2.24, 2.45) is 5.41 Å². The first kappa shape index (κ1) is 35.1. The average Bonchev–Trinajstić information content (AvgIpc) is 2.79. The summed E-state index contributed by atoms with van der Waals surface area (Å²) in [7, 11) is -5.15. The Hall–Kier alpha value is -0.910. The van der Waals surface area contributed by atoms with Crippen LogP contribution in [0.3, 0.4) is 0 Å². The summed E-state index contributed by atoms with van der Waals surface area (Å²) in [6.45, 7) is 4.38. The molecule has 4 N–H and O–H groups in total. The molecule has 0 aliphatic rings. The van der Waals surface area contributed by atoms with Gasteiger partial charge in [0.1, 0.15) is 0 Å². The van der Waals surface area contributed by atoms with Crippen LogP contribution in [0.2, 0.25) is 0 Å². The minimum absolute atomic E-state index is 0.0155. The number of rotatable bonds is 26. The summed E-state index contributed by atoms with van der Waals surface area (Å²) in [6, 6.07) is 0. The van der Waals surface area contributed by atoms with E-state index in [0.717, 1.165) is 51.4 Å². The number of hydrogen-bond acceptors (Lipinski definition) is 3. The van der Waals surface area contributed by atoms with E-state index in [1.165, 1.54) is 64.2 Å². The lowest BCUT2D eigenvalue weighted by Gasteiger charge is -2.35. The van der Waals surface area contributed by atoms with Crippen LogP contribution in [0.1, 0.15) is 155 Å². The van der Waals surface area contributed by atoms with Crippen molar-refractivity contribution in [1.29, 1.82) is 0 Å². The maximum atomic E-state index is 12.4. The van der Waals surface area contributed by atoms with Crippen LogP contribution in [0, 0.1) is 5.41 Å². The molecule has 7 nitrogen and oxygen atoms in total. The molecule has 36 heavy (non-hydrogen) atoms. The molecule has 0 aliphatic heterocycles. The third-order valence-corrected chi connectivity index (χ3v) is 8.86. The average molecular weight is 535 g/mol. The Balaban J connectivity index is 4.82. The van der Waals surface area contributed by atoms with Crippen molar-refractivity contribution in [3.8, 4) is 0 Å². The van der Waals surface area contributed by atoms with Gasteiger partial charge in [-0.25, -0.2) is 0 Å². The Morgan fingerprint density at radius 3 is 1.08 bits per heavy atom. The fraction of sp³-hybridized carbons (Fsp3) is 0.929. The molecule has 0 spiro atoms. The molecule has 0 saturated carbocycles. The van der Waals surface area contributed by atoms with Crippen LogP contribution in [0.5, 0.6) is 0 Å². The fourth-order valence-electron chi connectivity index (χ4n) is 5.29. The van der Waals surface area contributed by atoms with Gasteiger partial charge in [0.05, 0.1) is 5.41 Å². The molecular weight excluding hydrogens is 479 g/mol. The van der Waals surface area contributed by atoms with Crippen LogP contribution < -0.4 is 0 Å². The van der Waals surface area contributed by atoms with E-state index >= 15 is 0 Å². The molecule has 0 bridgehead atoms. The smallest absolute Gasteiger partial charge is 0.340 e. The Kier molecular flexibility index (Phi) is 20.5. The van der Waals surface area contributed by atoms with E-state index < -0.39 is 30.6 Å². The molecule has 0 amide bonds. The highest BCUT2D eigenvalue weighted by Gasteiger charge is 2.56. The van der Waals surface area contributed by atoms with Gasteiger partial charge in [0.15, 0.2) is 5.66 Å². The largest absolute Gasteiger partial charge is 0.481 e. The van der Waals surface area contributed by atoms with Crippen LogP contribution in [0.4, 0.5) is 0 Å². The number of unbranched alkanes of at least 4 members (excludes halogenated alkanes) is 18.